The van der Waals surface area contributed by atoms with Crippen molar-refractivity contribution in [3.05, 3.63) is 24.0 Å². The summed E-state index contributed by atoms with van der Waals surface area (Å²) < 4.78 is 2.11. The normalized spacial score (nSPS) is 18.4. The molecule has 1 atom stereocenters. The number of anilines is 1. The SMILES string of the molecule is CCC1CNc2nccc3cc(C=O)n1c23. The van der Waals surface area contributed by atoms with E-state index in [1.165, 1.54) is 0 Å². The standard InChI is InChI=1S/C12H13N3O/c1-2-9-6-14-12-11-8(3-4-13-12)5-10(7-16)15(9)11/h3-5,7,9H,2,6H2,1H3,(H,13,14). The number of hydrogen-bond donors (Lipinski definition) is 1. The number of hydrogen-bond acceptors (Lipinski definition) is 3. The molecule has 1 N–H and O–H groups in total. The number of pyridine rings is 1. The Kier molecular flexibility index (Phi) is 1.96. The van der Waals surface area contributed by atoms with E-state index < -0.39 is 0 Å². The van der Waals surface area contributed by atoms with Crippen LogP contribution in [-0.2, 0) is 0 Å². The van der Waals surface area contributed by atoms with E-state index in [9.17, 15) is 4.79 Å². The Morgan fingerprint density at radius 1 is 1.69 bits per heavy atom. The minimum absolute atomic E-state index is 0.342. The molecule has 2 aromatic heterocycles. The Hall–Kier alpha value is -1.84. The van der Waals surface area contributed by atoms with E-state index in [1.807, 2.05) is 12.1 Å². The predicted octanol–water partition coefficient (Wildman–Crippen LogP) is 2.23. The van der Waals surface area contributed by atoms with Crippen LogP contribution in [0.3, 0.4) is 0 Å². The Balaban J connectivity index is 2.39. The second-order valence-corrected chi connectivity index (χ2v) is 4.10. The third-order valence-corrected chi connectivity index (χ3v) is 3.24. The van der Waals surface area contributed by atoms with Crippen LogP contribution in [0.15, 0.2) is 18.3 Å². The lowest BCUT2D eigenvalue weighted by atomic mass is 10.1. The van der Waals surface area contributed by atoms with Crippen LogP contribution in [0.25, 0.3) is 10.9 Å². The highest BCUT2D eigenvalue weighted by molar-refractivity contribution is 5.95. The molecule has 0 aromatic carbocycles. The predicted molar refractivity (Wildman–Crippen MR) is 62.9 cm³/mol. The van der Waals surface area contributed by atoms with Crippen LogP contribution in [-0.4, -0.2) is 22.4 Å². The highest BCUT2D eigenvalue weighted by Crippen LogP contribution is 2.32. The molecule has 0 saturated heterocycles. The van der Waals surface area contributed by atoms with Gasteiger partial charge in [-0.3, -0.25) is 4.79 Å². The van der Waals surface area contributed by atoms with Gasteiger partial charge in [-0.15, -0.1) is 0 Å². The van der Waals surface area contributed by atoms with Crippen molar-refractivity contribution in [3.63, 3.8) is 0 Å². The highest BCUT2D eigenvalue weighted by Gasteiger charge is 2.23. The third-order valence-electron chi connectivity index (χ3n) is 3.24. The summed E-state index contributed by atoms with van der Waals surface area (Å²) in [5, 5.41) is 4.40. The van der Waals surface area contributed by atoms with Crippen molar-refractivity contribution in [1.29, 1.82) is 0 Å². The number of carbonyl (C=O) groups excluding carboxylic acids is 1. The lowest BCUT2D eigenvalue weighted by molar-refractivity contribution is 0.111. The van der Waals surface area contributed by atoms with Gasteiger partial charge >= 0.3 is 0 Å². The molecule has 2 aromatic rings. The molecule has 0 amide bonds. The molecule has 0 fully saturated rings. The molecule has 0 saturated carbocycles. The van der Waals surface area contributed by atoms with Gasteiger partial charge in [-0.2, -0.15) is 0 Å². The van der Waals surface area contributed by atoms with E-state index >= 15 is 0 Å². The molecule has 1 aliphatic rings. The molecule has 3 rings (SSSR count). The molecular formula is C12H13N3O. The topological polar surface area (TPSA) is 46.9 Å². The van der Waals surface area contributed by atoms with Crippen LogP contribution in [0, 0.1) is 0 Å². The van der Waals surface area contributed by atoms with Crippen molar-refractivity contribution >= 4 is 23.0 Å². The minimum Gasteiger partial charge on any atom is -0.366 e. The quantitative estimate of drug-likeness (QED) is 0.781. The Labute approximate surface area is 93.3 Å². The fourth-order valence-electron chi connectivity index (χ4n) is 2.44. The molecule has 0 bridgehead atoms. The van der Waals surface area contributed by atoms with Gasteiger partial charge in [-0.25, -0.2) is 4.98 Å². The summed E-state index contributed by atoms with van der Waals surface area (Å²) in [5.41, 5.74) is 1.81. The van der Waals surface area contributed by atoms with Crippen molar-refractivity contribution < 1.29 is 4.79 Å². The average Bonchev–Trinajstić information content (AvgIpc) is 2.71. The monoisotopic (exact) mass is 215 g/mol. The molecular weight excluding hydrogens is 202 g/mol. The van der Waals surface area contributed by atoms with Gasteiger partial charge < -0.3 is 9.88 Å². The van der Waals surface area contributed by atoms with Crippen molar-refractivity contribution in [2.75, 3.05) is 11.9 Å². The van der Waals surface area contributed by atoms with Crippen molar-refractivity contribution in [3.8, 4) is 0 Å². The van der Waals surface area contributed by atoms with Crippen molar-refractivity contribution in [1.82, 2.24) is 9.55 Å². The van der Waals surface area contributed by atoms with E-state index in [2.05, 4.69) is 21.8 Å². The van der Waals surface area contributed by atoms with Gasteiger partial charge in [0.05, 0.1) is 17.3 Å². The van der Waals surface area contributed by atoms with Gasteiger partial charge in [-0.05, 0) is 18.6 Å². The number of nitrogens with one attached hydrogen (secondary N) is 1. The van der Waals surface area contributed by atoms with Crippen LogP contribution in [0.1, 0.15) is 29.9 Å². The number of carbonyl (C=O) groups is 1. The zero-order valence-corrected chi connectivity index (χ0v) is 9.10. The first-order valence-corrected chi connectivity index (χ1v) is 5.54. The van der Waals surface area contributed by atoms with Crippen molar-refractivity contribution in [2.24, 2.45) is 0 Å². The van der Waals surface area contributed by atoms with E-state index in [0.717, 1.165) is 41.7 Å². The first kappa shape index (κ1) is 9.39. The molecule has 0 radical (unpaired) electrons. The van der Waals surface area contributed by atoms with E-state index in [4.69, 9.17) is 0 Å². The summed E-state index contributed by atoms with van der Waals surface area (Å²) >= 11 is 0. The summed E-state index contributed by atoms with van der Waals surface area (Å²) in [6, 6.07) is 4.22. The molecule has 4 heteroatoms. The molecule has 0 aliphatic carbocycles. The fraction of sp³-hybridized carbons (Fsp3) is 0.333. The third kappa shape index (κ3) is 1.10. The van der Waals surface area contributed by atoms with Crippen LogP contribution in [0.2, 0.25) is 0 Å². The van der Waals surface area contributed by atoms with E-state index in [1.54, 1.807) is 6.20 Å². The van der Waals surface area contributed by atoms with E-state index in [0.29, 0.717) is 6.04 Å². The maximum atomic E-state index is 11.1. The van der Waals surface area contributed by atoms with Crippen LogP contribution >= 0.6 is 0 Å². The first-order chi connectivity index (χ1) is 7.85. The molecule has 16 heavy (non-hydrogen) atoms. The Morgan fingerprint density at radius 3 is 3.31 bits per heavy atom. The maximum Gasteiger partial charge on any atom is 0.166 e. The van der Waals surface area contributed by atoms with Gasteiger partial charge in [0.1, 0.15) is 0 Å². The van der Waals surface area contributed by atoms with Crippen LogP contribution in [0.4, 0.5) is 5.82 Å². The molecule has 0 spiro atoms. The Morgan fingerprint density at radius 2 is 2.56 bits per heavy atom. The van der Waals surface area contributed by atoms with Gasteiger partial charge in [0, 0.05) is 18.1 Å². The van der Waals surface area contributed by atoms with Gasteiger partial charge in [-0.1, -0.05) is 6.92 Å². The molecule has 3 heterocycles. The summed E-state index contributed by atoms with van der Waals surface area (Å²) in [5.74, 6) is 0.885. The van der Waals surface area contributed by atoms with Gasteiger partial charge in [0.25, 0.3) is 0 Å². The maximum absolute atomic E-state index is 11.1. The fourth-order valence-corrected chi connectivity index (χ4v) is 2.44. The second-order valence-electron chi connectivity index (χ2n) is 4.10. The minimum atomic E-state index is 0.342. The zero-order valence-electron chi connectivity index (χ0n) is 9.10. The first-order valence-electron chi connectivity index (χ1n) is 5.54. The lowest BCUT2D eigenvalue weighted by Crippen LogP contribution is -2.25. The summed E-state index contributed by atoms with van der Waals surface area (Å²) in [7, 11) is 0. The summed E-state index contributed by atoms with van der Waals surface area (Å²) in [4.78, 5) is 15.4. The lowest BCUT2D eigenvalue weighted by Gasteiger charge is -2.26. The molecule has 82 valence electrons. The number of nitrogens with zero attached hydrogens (tertiary/aromatic N) is 2. The van der Waals surface area contributed by atoms with Crippen LogP contribution in [0.5, 0.6) is 0 Å². The largest absolute Gasteiger partial charge is 0.366 e. The molecule has 1 aliphatic heterocycles. The van der Waals surface area contributed by atoms with Crippen molar-refractivity contribution in [2.45, 2.75) is 19.4 Å². The number of rotatable bonds is 2. The smallest absolute Gasteiger partial charge is 0.166 e. The van der Waals surface area contributed by atoms with Gasteiger partial charge in [0.2, 0.25) is 0 Å². The highest BCUT2D eigenvalue weighted by atomic mass is 16.1. The summed E-state index contributed by atoms with van der Waals surface area (Å²) in [6.07, 6.45) is 3.71. The molecule has 1 unspecified atom stereocenters. The summed E-state index contributed by atoms with van der Waals surface area (Å²) in [6.45, 7) is 2.97. The zero-order chi connectivity index (χ0) is 11.1. The second kappa shape index (κ2) is 3.33. The Bertz CT molecular complexity index is 559. The number of aldehydes is 1. The van der Waals surface area contributed by atoms with E-state index in [-0.39, 0.29) is 0 Å². The number of aromatic nitrogens is 2. The average molecular weight is 215 g/mol. The van der Waals surface area contributed by atoms with Gasteiger partial charge in [0.15, 0.2) is 12.1 Å². The molecule has 4 nitrogen and oxygen atoms in total. The van der Waals surface area contributed by atoms with Crippen LogP contribution < -0.4 is 5.32 Å².